The van der Waals surface area contributed by atoms with Gasteiger partial charge in [-0.3, -0.25) is 0 Å². The Morgan fingerprint density at radius 1 is 1.35 bits per heavy atom. The van der Waals surface area contributed by atoms with Crippen LogP contribution < -0.4 is 4.90 Å². The van der Waals surface area contributed by atoms with Gasteiger partial charge in [0.2, 0.25) is 0 Å². The molecule has 0 aromatic heterocycles. The van der Waals surface area contributed by atoms with Crippen LogP contribution in [0.2, 0.25) is 0 Å². The first-order chi connectivity index (χ1) is 7.91. The number of hydrogen-bond donors (Lipinski definition) is 0. The molecule has 17 heavy (non-hydrogen) atoms. The topological polar surface area (TPSA) is 27.0 Å². The van der Waals surface area contributed by atoms with E-state index in [2.05, 4.69) is 6.92 Å². The van der Waals surface area contributed by atoms with Crippen LogP contribution in [0.3, 0.4) is 0 Å². The molecule has 90 valence electrons. The van der Waals surface area contributed by atoms with Crippen LogP contribution >= 0.6 is 0 Å². The molecule has 5 heteroatoms. The summed E-state index contributed by atoms with van der Waals surface area (Å²) in [6.45, 7) is 3.65. The molecule has 0 radical (unpaired) electrons. The Hall–Kier alpha value is -1.70. The third kappa shape index (κ3) is 2.21. The maximum Gasteiger partial charge on any atom is 0.416 e. The van der Waals surface area contributed by atoms with Crippen LogP contribution in [0.15, 0.2) is 18.2 Å². The normalized spacial score (nSPS) is 16.5. The van der Waals surface area contributed by atoms with Crippen LogP contribution in [0.4, 0.5) is 18.9 Å². The molecule has 1 aliphatic heterocycles. The van der Waals surface area contributed by atoms with E-state index in [1.54, 1.807) is 0 Å². The molecule has 0 atom stereocenters. The number of nitrogens with zero attached hydrogens (tertiary/aromatic N) is 2. The molecule has 1 aliphatic rings. The van der Waals surface area contributed by atoms with Crippen LogP contribution in [0.25, 0.3) is 0 Å². The summed E-state index contributed by atoms with van der Waals surface area (Å²) in [4.78, 5) is 1.92. The van der Waals surface area contributed by atoms with Gasteiger partial charge in [-0.2, -0.15) is 18.4 Å². The second-order valence-corrected chi connectivity index (χ2v) is 4.35. The number of rotatable bonds is 1. The fraction of sp³-hybridized carbons (Fsp3) is 0.417. The van der Waals surface area contributed by atoms with Gasteiger partial charge in [-0.25, -0.2) is 0 Å². The third-order valence-electron chi connectivity index (χ3n) is 2.85. The minimum Gasteiger partial charge on any atom is -0.370 e. The smallest absolute Gasteiger partial charge is 0.370 e. The van der Waals surface area contributed by atoms with Crippen molar-refractivity contribution in [1.82, 2.24) is 0 Å². The first-order valence-electron chi connectivity index (χ1n) is 5.28. The largest absolute Gasteiger partial charge is 0.416 e. The maximum atomic E-state index is 12.5. The number of halogens is 3. The van der Waals surface area contributed by atoms with E-state index in [9.17, 15) is 13.2 Å². The van der Waals surface area contributed by atoms with Crippen molar-refractivity contribution in [3.8, 4) is 6.07 Å². The van der Waals surface area contributed by atoms with Gasteiger partial charge in [0.15, 0.2) is 0 Å². The Labute approximate surface area is 97.3 Å². The number of hydrogen-bond acceptors (Lipinski definition) is 2. The highest BCUT2D eigenvalue weighted by molar-refractivity contribution is 5.62. The van der Waals surface area contributed by atoms with Crippen molar-refractivity contribution in [3.63, 3.8) is 0 Å². The molecule has 2 rings (SSSR count). The molecule has 2 nitrogen and oxygen atoms in total. The van der Waals surface area contributed by atoms with E-state index in [0.29, 0.717) is 11.6 Å². The number of anilines is 1. The van der Waals surface area contributed by atoms with Crippen molar-refractivity contribution in [3.05, 3.63) is 29.3 Å². The minimum absolute atomic E-state index is 0.0896. The van der Waals surface area contributed by atoms with Crippen molar-refractivity contribution in [2.24, 2.45) is 5.92 Å². The summed E-state index contributed by atoms with van der Waals surface area (Å²) in [5.41, 5.74) is -0.0864. The van der Waals surface area contributed by atoms with E-state index in [0.717, 1.165) is 25.2 Å². The van der Waals surface area contributed by atoms with E-state index < -0.39 is 11.7 Å². The molecule has 1 heterocycles. The van der Waals surface area contributed by atoms with Crippen molar-refractivity contribution in [2.45, 2.75) is 13.1 Å². The summed E-state index contributed by atoms with van der Waals surface area (Å²) in [5.74, 6) is 0.531. The monoisotopic (exact) mass is 240 g/mol. The standard InChI is InChI=1S/C12H11F3N2/c1-8-6-17(7-8)11-3-2-10(12(13,14)15)4-9(11)5-16/h2-4,8H,6-7H2,1H3. The Morgan fingerprint density at radius 2 is 2.00 bits per heavy atom. The molecule has 0 unspecified atom stereocenters. The van der Waals surface area contributed by atoms with Crippen molar-refractivity contribution < 1.29 is 13.2 Å². The highest BCUT2D eigenvalue weighted by Crippen LogP contribution is 2.34. The number of benzene rings is 1. The molecule has 1 aromatic rings. The molecule has 1 aromatic carbocycles. The summed E-state index contributed by atoms with van der Waals surface area (Å²) in [6.07, 6.45) is -4.40. The summed E-state index contributed by atoms with van der Waals surface area (Å²) in [5, 5.41) is 8.90. The SMILES string of the molecule is CC1CN(c2ccc(C(F)(F)F)cc2C#N)C1. The molecule has 1 saturated heterocycles. The number of alkyl halides is 3. The Kier molecular flexibility index (Phi) is 2.74. The van der Waals surface area contributed by atoms with Crippen LogP contribution in [-0.4, -0.2) is 13.1 Å². The first-order valence-corrected chi connectivity index (χ1v) is 5.28. The first kappa shape index (κ1) is 11.8. The zero-order chi connectivity index (χ0) is 12.6. The van der Waals surface area contributed by atoms with Gasteiger partial charge in [0.05, 0.1) is 16.8 Å². The van der Waals surface area contributed by atoms with Crippen molar-refractivity contribution in [1.29, 1.82) is 5.26 Å². The summed E-state index contributed by atoms with van der Waals surface area (Å²) < 4.78 is 37.4. The zero-order valence-corrected chi connectivity index (χ0v) is 9.25. The van der Waals surface area contributed by atoms with Crippen LogP contribution in [0.1, 0.15) is 18.1 Å². The highest BCUT2D eigenvalue weighted by Gasteiger charge is 2.32. The molecule has 0 bridgehead atoms. The van der Waals surface area contributed by atoms with Crippen molar-refractivity contribution in [2.75, 3.05) is 18.0 Å². The summed E-state index contributed by atoms with van der Waals surface area (Å²) >= 11 is 0. The highest BCUT2D eigenvalue weighted by atomic mass is 19.4. The lowest BCUT2D eigenvalue weighted by Crippen LogP contribution is -2.45. The Balaban J connectivity index is 2.34. The fourth-order valence-corrected chi connectivity index (χ4v) is 1.97. The van der Waals surface area contributed by atoms with Gasteiger partial charge < -0.3 is 4.90 Å². The molecule has 0 amide bonds. The van der Waals surface area contributed by atoms with Gasteiger partial charge in [0.1, 0.15) is 6.07 Å². The second-order valence-electron chi connectivity index (χ2n) is 4.35. The lowest BCUT2D eigenvalue weighted by molar-refractivity contribution is -0.137. The van der Waals surface area contributed by atoms with Crippen LogP contribution in [0, 0.1) is 17.2 Å². The van der Waals surface area contributed by atoms with E-state index in [4.69, 9.17) is 5.26 Å². The summed E-state index contributed by atoms with van der Waals surface area (Å²) in [6, 6.07) is 5.15. The number of nitriles is 1. The lowest BCUT2D eigenvalue weighted by Gasteiger charge is -2.39. The fourth-order valence-electron chi connectivity index (χ4n) is 1.97. The maximum absolute atomic E-state index is 12.5. The van der Waals surface area contributed by atoms with E-state index in [1.165, 1.54) is 6.07 Å². The minimum atomic E-state index is -4.40. The van der Waals surface area contributed by atoms with Gasteiger partial charge in [-0.05, 0) is 24.1 Å². The molecular formula is C12H11F3N2. The van der Waals surface area contributed by atoms with E-state index in [-0.39, 0.29) is 5.56 Å². The van der Waals surface area contributed by atoms with Gasteiger partial charge in [0, 0.05) is 13.1 Å². The predicted molar refractivity (Wildman–Crippen MR) is 57.5 cm³/mol. The molecule has 1 fully saturated rings. The predicted octanol–water partition coefficient (Wildman–Crippen LogP) is 3.03. The molecular weight excluding hydrogens is 229 g/mol. The van der Waals surface area contributed by atoms with Crippen LogP contribution in [0.5, 0.6) is 0 Å². The molecule has 0 N–H and O–H groups in total. The average Bonchev–Trinajstić information content (AvgIpc) is 2.23. The third-order valence-corrected chi connectivity index (χ3v) is 2.85. The van der Waals surface area contributed by atoms with Gasteiger partial charge in [-0.1, -0.05) is 6.92 Å². The lowest BCUT2D eigenvalue weighted by atomic mass is 9.99. The summed E-state index contributed by atoms with van der Waals surface area (Å²) in [7, 11) is 0. The molecule has 0 aliphatic carbocycles. The zero-order valence-electron chi connectivity index (χ0n) is 9.25. The van der Waals surface area contributed by atoms with Gasteiger partial charge in [0.25, 0.3) is 0 Å². The van der Waals surface area contributed by atoms with E-state index >= 15 is 0 Å². The van der Waals surface area contributed by atoms with E-state index in [1.807, 2.05) is 11.0 Å². The van der Waals surface area contributed by atoms with Crippen molar-refractivity contribution >= 4 is 5.69 Å². The second kappa shape index (κ2) is 3.95. The Morgan fingerprint density at radius 3 is 2.47 bits per heavy atom. The molecule has 0 spiro atoms. The van der Waals surface area contributed by atoms with Gasteiger partial charge >= 0.3 is 6.18 Å². The van der Waals surface area contributed by atoms with Crippen LogP contribution in [-0.2, 0) is 6.18 Å². The quantitative estimate of drug-likeness (QED) is 0.754. The van der Waals surface area contributed by atoms with Gasteiger partial charge in [-0.15, -0.1) is 0 Å². The Bertz CT molecular complexity index is 468. The molecule has 0 saturated carbocycles. The average molecular weight is 240 g/mol.